The van der Waals surface area contributed by atoms with Crippen molar-refractivity contribution >= 4 is 28.5 Å². The lowest BCUT2D eigenvalue weighted by Gasteiger charge is -2.10. The third-order valence-electron chi connectivity index (χ3n) is 2.91. The Labute approximate surface area is 122 Å². The summed E-state index contributed by atoms with van der Waals surface area (Å²) in [6, 6.07) is 5.75. The molecule has 0 aliphatic rings. The molecule has 0 aliphatic heterocycles. The highest BCUT2D eigenvalue weighted by Crippen LogP contribution is 2.16. The number of hydrogen-bond acceptors (Lipinski definition) is 2. The molecule has 0 aromatic heterocycles. The highest BCUT2D eigenvalue weighted by atomic mass is 127. The Balaban J connectivity index is 2.44. The maximum Gasteiger partial charge on any atom is 0.252 e. The van der Waals surface area contributed by atoms with Crippen molar-refractivity contribution in [3.63, 3.8) is 0 Å². The quantitative estimate of drug-likeness (QED) is 0.605. The van der Waals surface area contributed by atoms with E-state index >= 15 is 0 Å². The van der Waals surface area contributed by atoms with E-state index in [4.69, 9.17) is 5.11 Å². The van der Waals surface area contributed by atoms with Crippen LogP contribution in [0, 0.1) is 16.4 Å². The van der Waals surface area contributed by atoms with Gasteiger partial charge >= 0.3 is 0 Å². The minimum Gasteiger partial charge on any atom is -0.396 e. The van der Waals surface area contributed by atoms with Crippen LogP contribution in [0.2, 0.25) is 0 Å². The Morgan fingerprint density at radius 2 is 2.22 bits per heavy atom. The number of carbonyl (C=O) groups excluding carboxylic acids is 1. The van der Waals surface area contributed by atoms with Crippen LogP contribution < -0.4 is 5.32 Å². The van der Waals surface area contributed by atoms with Crippen molar-refractivity contribution in [3.8, 4) is 0 Å². The lowest BCUT2D eigenvalue weighted by Crippen LogP contribution is -2.25. The topological polar surface area (TPSA) is 49.3 Å². The van der Waals surface area contributed by atoms with Gasteiger partial charge in [0.25, 0.3) is 5.91 Å². The third kappa shape index (κ3) is 4.57. The van der Waals surface area contributed by atoms with E-state index in [9.17, 15) is 4.79 Å². The van der Waals surface area contributed by atoms with Gasteiger partial charge in [-0.1, -0.05) is 19.1 Å². The van der Waals surface area contributed by atoms with Crippen molar-refractivity contribution in [2.75, 3.05) is 13.2 Å². The molecular formula is C14H20INO2. The minimum atomic E-state index is -0.0141. The summed E-state index contributed by atoms with van der Waals surface area (Å²) in [4.78, 5) is 12.0. The van der Waals surface area contributed by atoms with E-state index in [-0.39, 0.29) is 12.5 Å². The van der Waals surface area contributed by atoms with Crippen molar-refractivity contribution in [3.05, 3.63) is 32.9 Å². The molecule has 1 aromatic carbocycles. The van der Waals surface area contributed by atoms with Gasteiger partial charge in [-0.05, 0) is 59.9 Å². The average molecular weight is 361 g/mol. The Kier molecular flexibility index (Phi) is 6.63. The van der Waals surface area contributed by atoms with Crippen LogP contribution in [-0.4, -0.2) is 24.2 Å². The SMILES string of the molecule is Cc1cccc(C(=O)NCCCC(C)CO)c1I. The van der Waals surface area contributed by atoms with Crippen LogP contribution in [0.4, 0.5) is 0 Å². The molecule has 0 aliphatic carbocycles. The molecular weight excluding hydrogens is 341 g/mol. The summed E-state index contributed by atoms with van der Waals surface area (Å²) in [5.74, 6) is 0.292. The van der Waals surface area contributed by atoms with Crippen molar-refractivity contribution < 1.29 is 9.90 Å². The molecule has 0 radical (unpaired) electrons. The van der Waals surface area contributed by atoms with Crippen LogP contribution in [0.15, 0.2) is 18.2 Å². The number of benzene rings is 1. The second-order valence-electron chi connectivity index (χ2n) is 4.62. The highest BCUT2D eigenvalue weighted by molar-refractivity contribution is 14.1. The molecule has 100 valence electrons. The molecule has 1 aromatic rings. The molecule has 1 unspecified atom stereocenters. The van der Waals surface area contributed by atoms with Crippen LogP contribution in [0.1, 0.15) is 35.7 Å². The van der Waals surface area contributed by atoms with Gasteiger partial charge < -0.3 is 10.4 Å². The number of halogens is 1. The van der Waals surface area contributed by atoms with Crippen LogP contribution in [0.25, 0.3) is 0 Å². The molecule has 1 amide bonds. The summed E-state index contributed by atoms with van der Waals surface area (Å²) < 4.78 is 1.01. The zero-order chi connectivity index (χ0) is 13.5. The Bertz CT molecular complexity index is 407. The molecule has 1 atom stereocenters. The van der Waals surface area contributed by atoms with E-state index < -0.39 is 0 Å². The fourth-order valence-corrected chi connectivity index (χ4v) is 2.27. The number of aliphatic hydroxyl groups excluding tert-OH is 1. The summed E-state index contributed by atoms with van der Waals surface area (Å²) in [5.41, 5.74) is 1.86. The smallest absolute Gasteiger partial charge is 0.252 e. The first-order valence-corrected chi connectivity index (χ1v) is 7.28. The monoisotopic (exact) mass is 361 g/mol. The number of amides is 1. The summed E-state index contributed by atoms with van der Waals surface area (Å²) in [7, 11) is 0. The van der Waals surface area contributed by atoms with E-state index in [2.05, 4.69) is 27.9 Å². The Morgan fingerprint density at radius 1 is 1.50 bits per heavy atom. The molecule has 0 spiro atoms. The van der Waals surface area contributed by atoms with Crippen LogP contribution in [0.5, 0.6) is 0 Å². The molecule has 0 saturated heterocycles. The van der Waals surface area contributed by atoms with Gasteiger partial charge in [-0.15, -0.1) is 0 Å². The molecule has 1 rings (SSSR count). The second kappa shape index (κ2) is 7.74. The number of aliphatic hydroxyl groups is 1. The zero-order valence-corrected chi connectivity index (χ0v) is 13.0. The average Bonchev–Trinajstić information content (AvgIpc) is 2.37. The molecule has 0 fully saturated rings. The van der Waals surface area contributed by atoms with Crippen molar-refractivity contribution in [1.82, 2.24) is 5.32 Å². The van der Waals surface area contributed by atoms with Gasteiger partial charge in [0.15, 0.2) is 0 Å². The van der Waals surface area contributed by atoms with Gasteiger partial charge in [0.05, 0.1) is 5.56 Å². The first kappa shape index (κ1) is 15.4. The lowest BCUT2D eigenvalue weighted by atomic mass is 10.1. The second-order valence-corrected chi connectivity index (χ2v) is 5.70. The molecule has 18 heavy (non-hydrogen) atoms. The largest absolute Gasteiger partial charge is 0.396 e. The number of nitrogens with one attached hydrogen (secondary N) is 1. The molecule has 4 heteroatoms. The van der Waals surface area contributed by atoms with Crippen LogP contribution >= 0.6 is 22.6 Å². The normalized spacial score (nSPS) is 12.2. The standard InChI is InChI=1S/C14H20INO2/c1-10(9-17)5-4-8-16-14(18)12-7-3-6-11(2)13(12)15/h3,6-7,10,17H,4-5,8-9H2,1-2H3,(H,16,18). The number of aryl methyl sites for hydroxylation is 1. The molecule has 0 heterocycles. The Hall–Kier alpha value is -0.620. The van der Waals surface area contributed by atoms with Crippen LogP contribution in [0.3, 0.4) is 0 Å². The fourth-order valence-electron chi connectivity index (χ4n) is 1.66. The van der Waals surface area contributed by atoms with Gasteiger partial charge in [0.1, 0.15) is 0 Å². The first-order chi connectivity index (χ1) is 8.56. The number of carbonyl (C=O) groups is 1. The molecule has 3 nitrogen and oxygen atoms in total. The lowest BCUT2D eigenvalue weighted by molar-refractivity contribution is 0.0951. The van der Waals surface area contributed by atoms with Crippen LogP contribution in [-0.2, 0) is 0 Å². The molecule has 0 saturated carbocycles. The predicted octanol–water partition coefficient (Wildman–Crippen LogP) is 2.74. The number of hydrogen-bond donors (Lipinski definition) is 2. The van der Waals surface area contributed by atoms with Gasteiger partial charge in [0.2, 0.25) is 0 Å². The third-order valence-corrected chi connectivity index (χ3v) is 4.34. The van der Waals surface area contributed by atoms with Crippen molar-refractivity contribution in [2.24, 2.45) is 5.92 Å². The summed E-state index contributed by atoms with van der Waals surface area (Å²) in [6.45, 7) is 4.88. The van der Waals surface area contributed by atoms with E-state index in [1.54, 1.807) is 0 Å². The first-order valence-electron chi connectivity index (χ1n) is 6.20. The number of rotatable bonds is 6. The predicted molar refractivity (Wildman–Crippen MR) is 81.7 cm³/mol. The van der Waals surface area contributed by atoms with E-state index in [1.165, 1.54) is 0 Å². The fraction of sp³-hybridized carbons (Fsp3) is 0.500. The minimum absolute atomic E-state index is 0.0141. The van der Waals surface area contributed by atoms with Crippen molar-refractivity contribution in [2.45, 2.75) is 26.7 Å². The summed E-state index contributed by atoms with van der Waals surface area (Å²) >= 11 is 2.20. The Morgan fingerprint density at radius 3 is 2.89 bits per heavy atom. The van der Waals surface area contributed by atoms with Crippen molar-refractivity contribution in [1.29, 1.82) is 0 Å². The van der Waals surface area contributed by atoms with Gasteiger partial charge in [-0.2, -0.15) is 0 Å². The maximum absolute atomic E-state index is 12.0. The highest BCUT2D eigenvalue weighted by Gasteiger charge is 2.10. The molecule has 2 N–H and O–H groups in total. The maximum atomic E-state index is 12.0. The van der Waals surface area contributed by atoms with Gasteiger partial charge in [0, 0.05) is 16.7 Å². The van der Waals surface area contributed by atoms with Gasteiger partial charge in [-0.25, -0.2) is 0 Å². The molecule has 0 bridgehead atoms. The van der Waals surface area contributed by atoms with E-state index in [1.807, 2.05) is 32.0 Å². The zero-order valence-electron chi connectivity index (χ0n) is 10.9. The van der Waals surface area contributed by atoms with E-state index in [0.29, 0.717) is 12.5 Å². The summed E-state index contributed by atoms with van der Waals surface area (Å²) in [5, 5.41) is 11.8. The van der Waals surface area contributed by atoms with Gasteiger partial charge in [-0.3, -0.25) is 4.79 Å². The van der Waals surface area contributed by atoms with E-state index in [0.717, 1.165) is 27.5 Å². The summed E-state index contributed by atoms with van der Waals surface area (Å²) in [6.07, 6.45) is 1.83.